The van der Waals surface area contributed by atoms with E-state index in [1.165, 1.54) is 12.1 Å². The van der Waals surface area contributed by atoms with Crippen molar-refractivity contribution in [2.45, 2.75) is 82.6 Å². The lowest BCUT2D eigenvalue weighted by Crippen LogP contribution is -2.59. The first-order valence-corrected chi connectivity index (χ1v) is 19.4. The Labute approximate surface area is 346 Å². The molecule has 0 aliphatic rings. The number of amides is 5. The summed E-state index contributed by atoms with van der Waals surface area (Å²) in [6.07, 6.45) is 0.648. The Morgan fingerprint density at radius 1 is 0.717 bits per heavy atom. The van der Waals surface area contributed by atoms with Crippen LogP contribution in [0.15, 0.2) is 73.8 Å². The Bertz CT molecular complexity index is 2020. The van der Waals surface area contributed by atoms with E-state index in [4.69, 9.17) is 37.8 Å². The average Bonchev–Trinajstić information content (AvgIpc) is 3.20. The van der Waals surface area contributed by atoms with Crippen molar-refractivity contribution in [1.29, 1.82) is 0 Å². The van der Waals surface area contributed by atoms with Gasteiger partial charge in [0.1, 0.15) is 36.4 Å². The van der Waals surface area contributed by atoms with Crippen LogP contribution in [-0.2, 0) is 30.5 Å². The molecule has 0 radical (unpaired) electrons. The number of aryl methyl sites for hydroxylation is 1. The number of alkyl carbamates (subject to hydrolysis) is 1. The van der Waals surface area contributed by atoms with E-state index in [1.807, 2.05) is 0 Å². The quantitative estimate of drug-likeness (QED) is 0.0224. The number of hydrogen-bond acceptors (Lipinski definition) is 12. The molecule has 16 N–H and O–H groups in total. The molecule has 3 aromatic rings. The fraction of sp³-hybridized carbons (Fsp3) is 0.436. The summed E-state index contributed by atoms with van der Waals surface area (Å²) in [6.45, 7) is 1.36. The highest BCUT2D eigenvalue weighted by atomic mass is 16.5. The Balaban J connectivity index is 1.76. The van der Waals surface area contributed by atoms with Crippen molar-refractivity contribution >= 4 is 58.3 Å². The lowest BCUT2D eigenvalue weighted by Gasteiger charge is -2.26. The van der Waals surface area contributed by atoms with E-state index >= 15 is 0 Å². The summed E-state index contributed by atoms with van der Waals surface area (Å²) < 4.78 is 10.6. The summed E-state index contributed by atoms with van der Waals surface area (Å²) in [4.78, 5) is 87.1. The van der Waals surface area contributed by atoms with Gasteiger partial charge in [0.05, 0.1) is 6.61 Å². The monoisotopic (exact) mass is 836 g/mol. The van der Waals surface area contributed by atoms with Crippen LogP contribution < -0.4 is 60.9 Å². The van der Waals surface area contributed by atoms with Crippen molar-refractivity contribution in [2.24, 2.45) is 38.7 Å². The number of ether oxygens (including phenoxy) is 1. The number of unbranched alkanes of at least 4 members (excludes halogenated alkanes) is 1. The number of guanidine groups is 2. The van der Waals surface area contributed by atoms with Gasteiger partial charge in [-0.2, -0.15) is 0 Å². The van der Waals surface area contributed by atoms with Crippen LogP contribution in [0.25, 0.3) is 11.0 Å². The second-order valence-corrected chi connectivity index (χ2v) is 13.8. The molecule has 0 aliphatic carbocycles. The number of hydrogen-bond donors (Lipinski definition) is 11. The second-order valence-electron chi connectivity index (χ2n) is 13.8. The fourth-order valence-electron chi connectivity index (χ4n) is 5.86. The molecule has 0 aliphatic heterocycles. The van der Waals surface area contributed by atoms with Gasteiger partial charge in [0.25, 0.3) is 0 Å². The molecule has 1 heterocycles. The standard InChI is InChI=1S/C39H56N12O9/c1-23-19-32(53)60-31-20-25(14-15-26(23)31)47-33(54)28(12-7-17-45-37(41)42)48-34(55)27(11-5-6-16-40)49-36(57)30(21-52)50-35(56)29(13-8-18-46-38(43)44)51-39(58)59-22-24-9-3-2-4-10-24/h2-4,9-10,14-15,19-20,27-30,52H,5-8,11-13,16-18,21-22,40H2,1H3,(H,47,54)(H,48,55)(H,49,57)(H,50,56)(H,51,58)(H4,41,42,45)(H4,43,44,46)/t27-,28-,29-,30-/m0/s1. The zero-order chi connectivity index (χ0) is 44.0. The third kappa shape index (κ3) is 16.6. The van der Waals surface area contributed by atoms with E-state index in [9.17, 15) is 33.9 Å². The summed E-state index contributed by atoms with van der Waals surface area (Å²) in [5.74, 6) is -3.46. The Morgan fingerprint density at radius 3 is 1.85 bits per heavy atom. The predicted octanol–water partition coefficient (Wildman–Crippen LogP) is -0.982. The highest BCUT2D eigenvalue weighted by Crippen LogP contribution is 2.21. The zero-order valence-electron chi connectivity index (χ0n) is 33.5. The van der Waals surface area contributed by atoms with Crippen LogP contribution in [0.1, 0.15) is 56.1 Å². The third-order valence-electron chi connectivity index (χ3n) is 8.96. The number of rotatable bonds is 24. The van der Waals surface area contributed by atoms with E-state index in [0.29, 0.717) is 35.9 Å². The molecule has 0 saturated heterocycles. The minimum atomic E-state index is -1.57. The van der Waals surface area contributed by atoms with E-state index in [-0.39, 0.29) is 75.0 Å². The molecule has 326 valence electrons. The number of nitrogens with zero attached hydrogens (tertiary/aromatic N) is 2. The molecule has 21 nitrogen and oxygen atoms in total. The molecule has 2 aromatic carbocycles. The van der Waals surface area contributed by atoms with Gasteiger partial charge < -0.3 is 69.5 Å². The summed E-state index contributed by atoms with van der Waals surface area (Å²) in [5, 5.41) is 23.8. The number of aliphatic imine (C=N–C) groups is 2. The van der Waals surface area contributed by atoms with Crippen LogP contribution in [0, 0.1) is 6.92 Å². The predicted molar refractivity (Wildman–Crippen MR) is 225 cm³/mol. The molecular formula is C39H56N12O9. The van der Waals surface area contributed by atoms with Gasteiger partial charge >= 0.3 is 11.7 Å². The maximum Gasteiger partial charge on any atom is 0.408 e. The van der Waals surface area contributed by atoms with Crippen LogP contribution in [0.3, 0.4) is 0 Å². The topological polar surface area (TPSA) is 360 Å². The summed E-state index contributed by atoms with van der Waals surface area (Å²) in [5.41, 5.74) is 28.8. The maximum absolute atomic E-state index is 13.9. The number of fused-ring (bicyclic) bond motifs is 1. The van der Waals surface area contributed by atoms with Crippen LogP contribution in [0.4, 0.5) is 10.5 Å². The lowest BCUT2D eigenvalue weighted by molar-refractivity contribution is -0.134. The summed E-state index contributed by atoms with van der Waals surface area (Å²) in [7, 11) is 0. The lowest BCUT2D eigenvalue weighted by atomic mass is 10.1. The fourth-order valence-corrected chi connectivity index (χ4v) is 5.86. The van der Waals surface area contributed by atoms with E-state index in [2.05, 4.69) is 36.6 Å². The van der Waals surface area contributed by atoms with Gasteiger partial charge in [0.2, 0.25) is 23.6 Å². The van der Waals surface area contributed by atoms with Gasteiger partial charge in [-0.05, 0) is 81.7 Å². The van der Waals surface area contributed by atoms with Gasteiger partial charge in [-0.1, -0.05) is 30.3 Å². The normalized spacial score (nSPS) is 12.8. The molecule has 0 bridgehead atoms. The van der Waals surface area contributed by atoms with Crippen molar-refractivity contribution in [1.82, 2.24) is 21.3 Å². The molecule has 0 saturated carbocycles. The van der Waals surface area contributed by atoms with Crippen LogP contribution in [0.5, 0.6) is 0 Å². The number of nitrogens with one attached hydrogen (secondary N) is 5. The zero-order valence-corrected chi connectivity index (χ0v) is 33.5. The molecule has 5 amide bonds. The molecule has 3 rings (SSSR count). The highest BCUT2D eigenvalue weighted by Gasteiger charge is 2.31. The number of nitrogens with two attached hydrogens (primary N) is 5. The Hall–Kier alpha value is -6.74. The minimum absolute atomic E-state index is 0.0207. The van der Waals surface area contributed by atoms with Crippen LogP contribution in [0.2, 0.25) is 0 Å². The number of aliphatic hydroxyl groups is 1. The molecule has 0 spiro atoms. The average molecular weight is 837 g/mol. The first-order chi connectivity index (χ1) is 28.7. The van der Waals surface area contributed by atoms with Gasteiger partial charge in [0.15, 0.2) is 11.9 Å². The van der Waals surface area contributed by atoms with E-state index in [1.54, 1.807) is 49.4 Å². The van der Waals surface area contributed by atoms with Gasteiger partial charge in [0, 0.05) is 36.3 Å². The molecule has 21 heteroatoms. The van der Waals surface area contributed by atoms with Crippen molar-refractivity contribution in [3.8, 4) is 0 Å². The van der Waals surface area contributed by atoms with Crippen molar-refractivity contribution < 1.29 is 38.2 Å². The smallest absolute Gasteiger partial charge is 0.408 e. The van der Waals surface area contributed by atoms with E-state index < -0.39 is 66.1 Å². The first kappa shape index (κ1) is 47.6. The highest BCUT2D eigenvalue weighted by molar-refractivity contribution is 6.00. The SMILES string of the molecule is Cc1cc(=O)oc2cc(NC(=O)[C@H](CCCN=C(N)N)NC(=O)[C@H](CCCCN)NC(=O)[C@H](CO)NC(=O)[C@H](CCCN=C(N)N)NC(=O)OCc3ccccc3)ccc12. The Kier molecular flexibility index (Phi) is 19.8. The van der Waals surface area contributed by atoms with Gasteiger partial charge in [-0.15, -0.1) is 0 Å². The number of carbonyl (C=O) groups excluding carboxylic acids is 5. The first-order valence-electron chi connectivity index (χ1n) is 19.4. The van der Waals surface area contributed by atoms with Crippen molar-refractivity contribution in [2.75, 3.05) is 31.6 Å². The summed E-state index contributed by atoms with van der Waals surface area (Å²) in [6, 6.07) is 9.74. The van der Waals surface area contributed by atoms with Gasteiger partial charge in [-0.25, -0.2) is 9.59 Å². The maximum atomic E-state index is 13.9. The number of aliphatic hydroxyl groups excluding tert-OH is 1. The third-order valence-corrected chi connectivity index (χ3v) is 8.96. The molecule has 0 unspecified atom stereocenters. The van der Waals surface area contributed by atoms with Crippen LogP contribution >= 0.6 is 0 Å². The van der Waals surface area contributed by atoms with E-state index in [0.717, 1.165) is 0 Å². The largest absolute Gasteiger partial charge is 0.445 e. The molecule has 0 fully saturated rings. The minimum Gasteiger partial charge on any atom is -0.445 e. The van der Waals surface area contributed by atoms with Crippen molar-refractivity contribution in [3.05, 3.63) is 76.1 Å². The number of anilines is 1. The molecule has 1 aromatic heterocycles. The van der Waals surface area contributed by atoms with Crippen LogP contribution in [-0.4, -0.2) is 97.2 Å². The molecular weight excluding hydrogens is 781 g/mol. The molecule has 60 heavy (non-hydrogen) atoms. The number of benzene rings is 2. The van der Waals surface area contributed by atoms with Crippen molar-refractivity contribution in [3.63, 3.8) is 0 Å². The Morgan fingerprint density at radius 2 is 1.27 bits per heavy atom. The molecule has 4 atom stereocenters. The number of carbonyl (C=O) groups is 5. The second kappa shape index (κ2) is 24.9. The van der Waals surface area contributed by atoms with Gasteiger partial charge in [-0.3, -0.25) is 29.2 Å². The summed E-state index contributed by atoms with van der Waals surface area (Å²) >= 11 is 0.